The van der Waals surface area contributed by atoms with E-state index in [0.29, 0.717) is 16.7 Å². The molecule has 6 rings (SSSR count). The average Bonchev–Trinajstić information content (AvgIpc) is 3.40. The van der Waals surface area contributed by atoms with Crippen molar-refractivity contribution in [2.24, 2.45) is 40.4 Å². The van der Waals surface area contributed by atoms with Crippen LogP contribution in [0, 0.1) is 40.4 Å². The van der Waals surface area contributed by atoms with E-state index in [9.17, 15) is 4.79 Å². The monoisotopic (exact) mass is 447 g/mol. The number of carbonyl (C=O) groups excluding carboxylic acids is 1. The Bertz CT molecular complexity index is 868. The van der Waals surface area contributed by atoms with Gasteiger partial charge in [-0.1, -0.05) is 51.0 Å². The minimum atomic E-state index is 0.373. The van der Waals surface area contributed by atoms with Crippen LogP contribution in [0.1, 0.15) is 108 Å². The number of benzene rings is 1. The van der Waals surface area contributed by atoms with Crippen LogP contribution in [0.2, 0.25) is 0 Å². The molecule has 1 amide bonds. The number of carbonyl (C=O) groups is 1. The van der Waals surface area contributed by atoms with E-state index in [1.165, 1.54) is 81.8 Å². The SMILES string of the molecule is CC12CCCCC1CCC1C2CCC2(C)C(CCCC(=O)N3Cc4ccccc4C3)CCC12. The molecule has 0 aromatic heterocycles. The maximum atomic E-state index is 12.9. The summed E-state index contributed by atoms with van der Waals surface area (Å²) >= 11 is 0. The molecule has 4 aliphatic carbocycles. The summed E-state index contributed by atoms with van der Waals surface area (Å²) in [5.41, 5.74) is 3.89. The molecular weight excluding hydrogens is 402 g/mol. The number of hydrogen-bond acceptors (Lipinski definition) is 1. The summed E-state index contributed by atoms with van der Waals surface area (Å²) in [5, 5.41) is 0. The Morgan fingerprint density at radius 1 is 0.879 bits per heavy atom. The van der Waals surface area contributed by atoms with Gasteiger partial charge in [0.15, 0.2) is 0 Å². The second kappa shape index (κ2) is 8.42. The zero-order chi connectivity index (χ0) is 22.6. The highest BCUT2D eigenvalue weighted by atomic mass is 16.2. The van der Waals surface area contributed by atoms with E-state index in [1.54, 1.807) is 0 Å². The van der Waals surface area contributed by atoms with Gasteiger partial charge >= 0.3 is 0 Å². The molecule has 7 unspecified atom stereocenters. The van der Waals surface area contributed by atoms with Crippen molar-refractivity contribution in [2.45, 2.75) is 110 Å². The first-order chi connectivity index (χ1) is 16.0. The summed E-state index contributed by atoms with van der Waals surface area (Å²) in [4.78, 5) is 15.0. The fraction of sp³-hybridized carbons (Fsp3) is 0.774. The van der Waals surface area contributed by atoms with E-state index in [4.69, 9.17) is 0 Å². The Labute approximate surface area is 201 Å². The lowest BCUT2D eigenvalue weighted by Gasteiger charge is -2.60. The van der Waals surface area contributed by atoms with Gasteiger partial charge in [-0.3, -0.25) is 4.79 Å². The Morgan fingerprint density at radius 2 is 1.64 bits per heavy atom. The lowest BCUT2D eigenvalue weighted by atomic mass is 9.45. The summed E-state index contributed by atoms with van der Waals surface area (Å²) in [6.45, 7) is 7.01. The first-order valence-electron chi connectivity index (χ1n) is 14.3. The van der Waals surface area contributed by atoms with E-state index in [-0.39, 0.29) is 0 Å². The predicted octanol–water partition coefficient (Wildman–Crippen LogP) is 7.75. The maximum Gasteiger partial charge on any atom is 0.223 e. The van der Waals surface area contributed by atoms with Gasteiger partial charge in [-0.2, -0.15) is 0 Å². The molecule has 2 heteroatoms. The first-order valence-corrected chi connectivity index (χ1v) is 14.3. The minimum absolute atomic E-state index is 0.373. The minimum Gasteiger partial charge on any atom is -0.334 e. The Hall–Kier alpha value is -1.31. The van der Waals surface area contributed by atoms with Crippen LogP contribution in [0.3, 0.4) is 0 Å². The highest BCUT2D eigenvalue weighted by Gasteiger charge is 2.59. The zero-order valence-electron chi connectivity index (χ0n) is 21.2. The summed E-state index contributed by atoms with van der Waals surface area (Å²) in [6.07, 6.45) is 18.0. The molecule has 1 aliphatic heterocycles. The molecule has 1 heterocycles. The molecule has 0 N–H and O–H groups in total. The molecule has 0 spiro atoms. The highest BCUT2D eigenvalue weighted by molar-refractivity contribution is 5.76. The molecule has 4 saturated carbocycles. The highest BCUT2D eigenvalue weighted by Crippen LogP contribution is 2.67. The zero-order valence-corrected chi connectivity index (χ0v) is 21.2. The normalized spacial score (nSPS) is 41.8. The van der Waals surface area contributed by atoms with Crippen molar-refractivity contribution in [3.05, 3.63) is 35.4 Å². The van der Waals surface area contributed by atoms with E-state index in [2.05, 4.69) is 43.0 Å². The van der Waals surface area contributed by atoms with Gasteiger partial charge in [0.1, 0.15) is 0 Å². The third-order valence-corrected chi connectivity index (χ3v) is 11.9. The Morgan fingerprint density at radius 3 is 2.42 bits per heavy atom. The molecule has 7 atom stereocenters. The fourth-order valence-corrected chi connectivity index (χ4v) is 10.0. The maximum absolute atomic E-state index is 12.9. The molecule has 0 bridgehead atoms. The second-order valence-electron chi connectivity index (χ2n) is 13.1. The molecule has 180 valence electrons. The van der Waals surface area contributed by atoms with Crippen molar-refractivity contribution >= 4 is 5.91 Å². The molecule has 4 fully saturated rings. The molecule has 0 saturated heterocycles. The summed E-state index contributed by atoms with van der Waals surface area (Å²) < 4.78 is 0. The van der Waals surface area contributed by atoms with Gasteiger partial charge in [-0.15, -0.1) is 0 Å². The van der Waals surface area contributed by atoms with Crippen molar-refractivity contribution in [2.75, 3.05) is 0 Å². The number of nitrogens with zero attached hydrogens (tertiary/aromatic N) is 1. The van der Waals surface area contributed by atoms with Crippen LogP contribution in [-0.4, -0.2) is 10.8 Å². The third-order valence-electron chi connectivity index (χ3n) is 11.9. The fourth-order valence-electron chi connectivity index (χ4n) is 10.0. The van der Waals surface area contributed by atoms with Gasteiger partial charge in [0.25, 0.3) is 0 Å². The molecule has 1 aromatic carbocycles. The average molecular weight is 448 g/mol. The van der Waals surface area contributed by atoms with E-state index in [1.807, 2.05) is 0 Å². The quantitative estimate of drug-likeness (QED) is 0.462. The van der Waals surface area contributed by atoms with Crippen LogP contribution in [0.5, 0.6) is 0 Å². The smallest absolute Gasteiger partial charge is 0.223 e. The second-order valence-corrected chi connectivity index (χ2v) is 13.1. The first kappa shape index (κ1) is 22.2. The summed E-state index contributed by atoms with van der Waals surface area (Å²) in [7, 11) is 0. The van der Waals surface area contributed by atoms with Crippen molar-refractivity contribution in [3.8, 4) is 0 Å². The van der Waals surface area contributed by atoms with Crippen LogP contribution in [0.25, 0.3) is 0 Å². The number of fused-ring (bicyclic) bond motifs is 6. The van der Waals surface area contributed by atoms with Crippen molar-refractivity contribution in [3.63, 3.8) is 0 Å². The van der Waals surface area contributed by atoms with Gasteiger partial charge in [-0.05, 0) is 116 Å². The van der Waals surface area contributed by atoms with Crippen molar-refractivity contribution in [1.82, 2.24) is 4.90 Å². The summed E-state index contributed by atoms with van der Waals surface area (Å²) in [5.74, 6) is 5.22. The molecule has 5 aliphatic rings. The topological polar surface area (TPSA) is 20.3 Å². The molecule has 0 radical (unpaired) electrons. The van der Waals surface area contributed by atoms with Crippen LogP contribution in [-0.2, 0) is 17.9 Å². The van der Waals surface area contributed by atoms with E-state index >= 15 is 0 Å². The van der Waals surface area contributed by atoms with Crippen molar-refractivity contribution in [1.29, 1.82) is 0 Å². The number of rotatable bonds is 4. The summed E-state index contributed by atoms with van der Waals surface area (Å²) in [6, 6.07) is 8.55. The predicted molar refractivity (Wildman–Crippen MR) is 134 cm³/mol. The van der Waals surface area contributed by atoms with Crippen molar-refractivity contribution < 1.29 is 4.79 Å². The van der Waals surface area contributed by atoms with Gasteiger partial charge in [0.05, 0.1) is 0 Å². The Kier molecular flexibility index (Phi) is 5.66. The molecular formula is C31H45NO. The Balaban J connectivity index is 1.06. The van der Waals surface area contributed by atoms with Gasteiger partial charge < -0.3 is 4.90 Å². The van der Waals surface area contributed by atoms with E-state index in [0.717, 1.165) is 55.5 Å². The lowest BCUT2D eigenvalue weighted by molar-refractivity contribution is -0.132. The van der Waals surface area contributed by atoms with E-state index < -0.39 is 0 Å². The van der Waals surface area contributed by atoms with Gasteiger partial charge in [0.2, 0.25) is 5.91 Å². The van der Waals surface area contributed by atoms with Crippen LogP contribution < -0.4 is 0 Å². The largest absolute Gasteiger partial charge is 0.334 e. The number of amides is 1. The van der Waals surface area contributed by atoms with Gasteiger partial charge in [0, 0.05) is 19.5 Å². The molecule has 1 aromatic rings. The molecule has 33 heavy (non-hydrogen) atoms. The number of hydrogen-bond donors (Lipinski definition) is 0. The van der Waals surface area contributed by atoms with Crippen LogP contribution >= 0.6 is 0 Å². The van der Waals surface area contributed by atoms with Gasteiger partial charge in [-0.25, -0.2) is 0 Å². The molecule has 2 nitrogen and oxygen atoms in total. The van der Waals surface area contributed by atoms with Crippen LogP contribution in [0.15, 0.2) is 24.3 Å². The lowest BCUT2D eigenvalue weighted by Crippen LogP contribution is -2.52. The van der Waals surface area contributed by atoms with Crippen LogP contribution in [0.4, 0.5) is 0 Å². The third kappa shape index (κ3) is 3.61. The standard InChI is InChI=1S/C31H45NO/c1-30-18-6-5-10-24(30)13-15-26-27-16-14-25(31(27,2)19-17-28(26)30)11-7-12-29(33)32-20-22-8-3-4-9-23(22)21-32/h3-4,8-9,24-28H,5-7,10-21H2,1-2H3.